The number of nitrogen functional groups attached to an aromatic ring is 1. The minimum Gasteiger partial charge on any atom is -0.456 e. The first-order valence-corrected chi connectivity index (χ1v) is 15.4. The van der Waals surface area contributed by atoms with Crippen molar-refractivity contribution in [3.63, 3.8) is 0 Å². The maximum absolute atomic E-state index is 13.7. The van der Waals surface area contributed by atoms with Crippen LogP contribution in [0, 0.1) is 16.0 Å². The number of nitrogens with two attached hydrogens (primary N) is 1. The van der Waals surface area contributed by atoms with Crippen LogP contribution in [0.25, 0.3) is 32.0 Å². The molecular formula is C28H28ClN5O6S2. The normalized spacial score (nSPS) is 15.2. The van der Waals surface area contributed by atoms with Crippen LogP contribution in [0.4, 0.5) is 11.5 Å². The number of non-ortho nitro benzene ring substituents is 1. The van der Waals surface area contributed by atoms with Crippen molar-refractivity contribution in [3.05, 3.63) is 69.7 Å². The Balaban J connectivity index is 0.00000353. The molecular weight excluding hydrogens is 602 g/mol. The summed E-state index contributed by atoms with van der Waals surface area (Å²) >= 11 is 1.45. The monoisotopic (exact) mass is 629 g/mol. The molecule has 2 aromatic carbocycles. The Morgan fingerprint density at radius 3 is 2.62 bits per heavy atom. The number of nitro groups is 1. The van der Waals surface area contributed by atoms with Gasteiger partial charge in [-0.2, -0.15) is 4.72 Å². The second-order valence-electron chi connectivity index (χ2n) is 10.4. The van der Waals surface area contributed by atoms with Gasteiger partial charge in [-0.05, 0) is 55.2 Å². The van der Waals surface area contributed by atoms with Crippen LogP contribution in [-0.4, -0.2) is 48.3 Å². The van der Waals surface area contributed by atoms with Gasteiger partial charge in [-0.1, -0.05) is 6.92 Å². The average Bonchev–Trinajstić information content (AvgIpc) is 3.53. The Hall–Kier alpha value is -3.78. The standard InChI is InChI=1S/C28H27N5O6S2.ClH/c1-16-7-10-32(11-8-16)28(34)23(14-18-13-22-26(40-18)6-9-30-27(22)29)31-41(37,38)19-3-5-24-21(15-19)20-4-2-17(33(35)36)12-25(20)39-24;/h2-6,9,12-13,15-16,23,31H,7-8,10-11,14H2,1H3,(H2,29,30);1H. The lowest BCUT2D eigenvalue weighted by atomic mass is 9.98. The fourth-order valence-electron chi connectivity index (χ4n) is 5.25. The Kier molecular flexibility index (Phi) is 8.12. The molecule has 0 saturated carbocycles. The van der Waals surface area contributed by atoms with Crippen molar-refractivity contribution >= 4 is 83.2 Å². The molecule has 42 heavy (non-hydrogen) atoms. The van der Waals surface area contributed by atoms with Crippen LogP contribution in [0.15, 0.2) is 64.0 Å². The van der Waals surface area contributed by atoms with Gasteiger partial charge in [0.15, 0.2) is 0 Å². The van der Waals surface area contributed by atoms with E-state index in [0.29, 0.717) is 41.2 Å². The van der Waals surface area contributed by atoms with E-state index in [1.54, 1.807) is 11.1 Å². The van der Waals surface area contributed by atoms with Crippen LogP contribution in [0.3, 0.4) is 0 Å². The van der Waals surface area contributed by atoms with Crippen molar-refractivity contribution in [2.75, 3.05) is 18.8 Å². The molecule has 5 aromatic rings. The number of carbonyl (C=O) groups excluding carboxylic acids is 1. The number of nitro benzene ring substituents is 1. The van der Waals surface area contributed by atoms with Crippen molar-refractivity contribution in [2.45, 2.75) is 37.1 Å². The number of likely N-dealkylation sites (tertiary alicyclic amines) is 1. The van der Waals surface area contributed by atoms with Crippen molar-refractivity contribution in [2.24, 2.45) is 5.92 Å². The summed E-state index contributed by atoms with van der Waals surface area (Å²) in [6.07, 6.45) is 3.49. The van der Waals surface area contributed by atoms with Crippen LogP contribution in [0.1, 0.15) is 24.6 Å². The highest BCUT2D eigenvalue weighted by atomic mass is 35.5. The fourth-order valence-corrected chi connectivity index (χ4v) is 7.57. The predicted molar refractivity (Wildman–Crippen MR) is 164 cm³/mol. The molecule has 1 amide bonds. The molecule has 1 saturated heterocycles. The molecule has 14 heteroatoms. The molecule has 0 aliphatic carbocycles. The highest BCUT2D eigenvalue weighted by Gasteiger charge is 2.32. The number of amides is 1. The number of nitrogens with zero attached hydrogens (tertiary/aromatic N) is 3. The Morgan fingerprint density at radius 2 is 1.90 bits per heavy atom. The summed E-state index contributed by atoms with van der Waals surface area (Å²) < 4.78 is 36.8. The van der Waals surface area contributed by atoms with Crippen molar-refractivity contribution in [1.82, 2.24) is 14.6 Å². The highest BCUT2D eigenvalue weighted by molar-refractivity contribution is 7.89. The first kappa shape index (κ1) is 29.7. The summed E-state index contributed by atoms with van der Waals surface area (Å²) in [6.45, 7) is 3.28. The molecule has 1 fully saturated rings. The lowest BCUT2D eigenvalue weighted by Crippen LogP contribution is -2.51. The Morgan fingerprint density at radius 1 is 1.14 bits per heavy atom. The minimum atomic E-state index is -4.15. The van der Waals surface area contributed by atoms with E-state index in [4.69, 9.17) is 10.2 Å². The first-order chi connectivity index (χ1) is 19.6. The van der Waals surface area contributed by atoms with Crippen molar-refractivity contribution < 1.29 is 22.6 Å². The van der Waals surface area contributed by atoms with Gasteiger partial charge in [0.2, 0.25) is 15.9 Å². The zero-order chi connectivity index (χ0) is 28.9. The molecule has 11 nitrogen and oxygen atoms in total. The number of halogens is 1. The molecule has 1 aliphatic rings. The molecule has 0 spiro atoms. The highest BCUT2D eigenvalue weighted by Crippen LogP contribution is 2.33. The zero-order valence-electron chi connectivity index (χ0n) is 22.5. The maximum atomic E-state index is 13.7. The largest absolute Gasteiger partial charge is 0.456 e. The minimum absolute atomic E-state index is 0. The number of rotatable bonds is 7. The first-order valence-electron chi connectivity index (χ1n) is 13.1. The maximum Gasteiger partial charge on any atom is 0.273 e. The number of anilines is 1. The van der Waals surface area contributed by atoms with E-state index in [2.05, 4.69) is 16.6 Å². The Labute approximate surface area is 251 Å². The summed E-state index contributed by atoms with van der Waals surface area (Å²) in [4.78, 5) is 31.0. The number of benzene rings is 2. The van der Waals surface area contributed by atoms with Gasteiger partial charge in [0.05, 0.1) is 15.9 Å². The molecule has 1 atom stereocenters. The lowest BCUT2D eigenvalue weighted by Gasteiger charge is -2.33. The molecule has 1 unspecified atom stereocenters. The summed E-state index contributed by atoms with van der Waals surface area (Å²) in [5.41, 5.74) is 6.58. The third-order valence-corrected chi connectivity index (χ3v) is 10.2. The number of hydrogen-bond acceptors (Lipinski definition) is 9. The second-order valence-corrected chi connectivity index (χ2v) is 13.3. The number of thiophene rings is 1. The molecule has 6 rings (SSSR count). The zero-order valence-corrected chi connectivity index (χ0v) is 24.9. The van der Waals surface area contributed by atoms with Gasteiger partial charge >= 0.3 is 0 Å². The summed E-state index contributed by atoms with van der Waals surface area (Å²) in [5, 5.41) is 13.0. The van der Waals surface area contributed by atoms with Gasteiger partial charge in [-0.15, -0.1) is 23.7 Å². The van der Waals surface area contributed by atoms with Crippen LogP contribution in [0.5, 0.6) is 0 Å². The number of nitrogens with one attached hydrogen (secondary N) is 1. The molecule has 1 aliphatic heterocycles. The summed E-state index contributed by atoms with van der Waals surface area (Å²) in [7, 11) is -4.15. The Bertz CT molecular complexity index is 1930. The van der Waals surface area contributed by atoms with Crippen molar-refractivity contribution in [3.8, 4) is 0 Å². The van der Waals surface area contributed by atoms with Gasteiger partial charge in [0.25, 0.3) is 5.69 Å². The smallest absolute Gasteiger partial charge is 0.273 e. The quantitative estimate of drug-likeness (QED) is 0.182. The van der Waals surface area contributed by atoms with Crippen LogP contribution in [-0.2, 0) is 21.2 Å². The van der Waals surface area contributed by atoms with E-state index < -0.39 is 21.0 Å². The number of piperidine rings is 1. The number of furan rings is 1. The van der Waals surface area contributed by atoms with Crippen LogP contribution in [0.2, 0.25) is 0 Å². The van der Waals surface area contributed by atoms with Gasteiger partial charge in [0, 0.05) is 57.5 Å². The number of carbonyl (C=O) groups is 1. The average molecular weight is 630 g/mol. The molecule has 3 aromatic heterocycles. The van der Waals surface area contributed by atoms with Gasteiger partial charge in [-0.25, -0.2) is 13.4 Å². The van der Waals surface area contributed by atoms with Gasteiger partial charge in [-0.3, -0.25) is 14.9 Å². The van der Waals surface area contributed by atoms with E-state index in [0.717, 1.165) is 27.8 Å². The van der Waals surface area contributed by atoms with E-state index in [1.165, 1.54) is 47.7 Å². The second kappa shape index (κ2) is 11.5. The van der Waals surface area contributed by atoms with E-state index >= 15 is 0 Å². The SMILES string of the molecule is CC1CCN(C(=O)C(Cc2cc3c(N)nccc3s2)NS(=O)(=O)c2ccc3oc4cc([N+](=O)[O-])ccc4c3c2)CC1.Cl. The van der Waals surface area contributed by atoms with Gasteiger partial charge < -0.3 is 15.1 Å². The van der Waals surface area contributed by atoms with Gasteiger partial charge in [0.1, 0.15) is 23.0 Å². The third-order valence-electron chi connectivity index (χ3n) is 7.57. The van der Waals surface area contributed by atoms with Crippen molar-refractivity contribution in [1.29, 1.82) is 0 Å². The fraction of sp³-hybridized carbons (Fsp3) is 0.286. The van der Waals surface area contributed by atoms with Crippen LogP contribution >= 0.6 is 23.7 Å². The molecule has 4 heterocycles. The molecule has 0 radical (unpaired) electrons. The van der Waals surface area contributed by atoms with Crippen LogP contribution < -0.4 is 10.5 Å². The van der Waals surface area contributed by atoms with E-state index in [1.807, 2.05) is 12.1 Å². The molecule has 220 valence electrons. The lowest BCUT2D eigenvalue weighted by molar-refractivity contribution is -0.384. The number of fused-ring (bicyclic) bond motifs is 4. The number of aromatic nitrogens is 1. The summed E-state index contributed by atoms with van der Waals surface area (Å²) in [6, 6.07) is 11.2. The number of hydrogen-bond donors (Lipinski definition) is 2. The number of sulfonamides is 1. The van der Waals surface area contributed by atoms with E-state index in [9.17, 15) is 23.3 Å². The topological polar surface area (TPSA) is 162 Å². The molecule has 3 N–H and O–H groups in total. The third kappa shape index (κ3) is 5.64. The predicted octanol–water partition coefficient (Wildman–Crippen LogP) is 5.26. The summed E-state index contributed by atoms with van der Waals surface area (Å²) in [5.74, 6) is 0.612. The van der Waals surface area contributed by atoms with E-state index in [-0.39, 0.29) is 40.9 Å². The number of pyridine rings is 1. The molecule has 0 bridgehead atoms.